The predicted octanol–water partition coefficient (Wildman–Crippen LogP) is 2.94. The van der Waals surface area contributed by atoms with Crippen molar-refractivity contribution in [2.24, 2.45) is 0 Å². The van der Waals surface area contributed by atoms with Gasteiger partial charge < -0.3 is 5.32 Å². The number of nitrogens with one attached hydrogen (secondary N) is 1. The molecule has 0 fully saturated rings. The molecule has 1 aromatic heterocycles. The Bertz CT molecular complexity index is 584. The average molecular weight is 285 g/mol. The summed E-state index contributed by atoms with van der Waals surface area (Å²) in [6.07, 6.45) is -1.85. The normalized spacial score (nSPS) is 13.2. The summed E-state index contributed by atoms with van der Waals surface area (Å²) in [4.78, 5) is 0. The van der Waals surface area contributed by atoms with E-state index in [4.69, 9.17) is 0 Å². The molecule has 0 spiro atoms. The number of aromatic nitrogens is 2. The molecule has 1 aromatic carbocycles. The van der Waals surface area contributed by atoms with Crippen LogP contribution in [0.25, 0.3) is 0 Å². The number of halogens is 4. The van der Waals surface area contributed by atoms with Crippen molar-refractivity contribution in [1.82, 2.24) is 15.5 Å². The van der Waals surface area contributed by atoms with Gasteiger partial charge in [0.05, 0.1) is 17.8 Å². The van der Waals surface area contributed by atoms with Gasteiger partial charge >= 0.3 is 6.18 Å². The number of benzene rings is 1. The van der Waals surface area contributed by atoms with Crippen molar-refractivity contribution in [3.63, 3.8) is 0 Å². The highest BCUT2D eigenvalue weighted by Gasteiger charge is 2.34. The molecule has 0 bridgehead atoms. The van der Waals surface area contributed by atoms with Gasteiger partial charge in [0, 0.05) is 6.20 Å². The fraction of sp³-hybridized carbons (Fsp3) is 0.231. The predicted molar refractivity (Wildman–Crippen MR) is 64.3 cm³/mol. The second kappa shape index (κ2) is 5.54. The Labute approximate surface area is 112 Å². The van der Waals surface area contributed by atoms with Crippen molar-refractivity contribution in [2.75, 3.05) is 7.05 Å². The highest BCUT2D eigenvalue weighted by Crippen LogP contribution is 2.33. The largest absolute Gasteiger partial charge is 0.419 e. The van der Waals surface area contributed by atoms with Gasteiger partial charge in [0.1, 0.15) is 5.82 Å². The summed E-state index contributed by atoms with van der Waals surface area (Å²) in [5.74, 6) is -1.29. The molecule has 0 amide bonds. The minimum atomic E-state index is -4.73. The van der Waals surface area contributed by atoms with Crippen LogP contribution in [0.3, 0.4) is 0 Å². The van der Waals surface area contributed by atoms with E-state index in [0.717, 1.165) is 12.1 Å². The Balaban J connectivity index is 2.46. The van der Waals surface area contributed by atoms with Gasteiger partial charge in [0.15, 0.2) is 0 Å². The third-order valence-corrected chi connectivity index (χ3v) is 2.86. The van der Waals surface area contributed by atoms with Gasteiger partial charge in [0.2, 0.25) is 0 Å². The fourth-order valence-corrected chi connectivity index (χ4v) is 1.94. The van der Waals surface area contributed by atoms with E-state index in [2.05, 4.69) is 15.5 Å². The Morgan fingerprint density at radius 3 is 2.40 bits per heavy atom. The van der Waals surface area contributed by atoms with E-state index in [1.165, 1.54) is 18.5 Å². The standard InChI is InChI=1S/C13H11F4N3/c1-18-12(9-4-5-19-20-7-9)8-2-3-11(14)10(6-8)13(15,16)17/h2-7,12,18H,1H3. The summed E-state index contributed by atoms with van der Waals surface area (Å²) in [6.45, 7) is 0. The van der Waals surface area contributed by atoms with Crippen LogP contribution in [-0.4, -0.2) is 17.2 Å². The lowest BCUT2D eigenvalue weighted by Crippen LogP contribution is -2.19. The summed E-state index contributed by atoms with van der Waals surface area (Å²) in [5.41, 5.74) is -0.339. The third kappa shape index (κ3) is 2.93. The van der Waals surface area contributed by atoms with E-state index in [9.17, 15) is 17.6 Å². The molecule has 106 valence electrons. The Hall–Kier alpha value is -2.02. The van der Waals surface area contributed by atoms with Gasteiger partial charge in [-0.2, -0.15) is 23.4 Å². The first-order valence-corrected chi connectivity index (χ1v) is 5.74. The van der Waals surface area contributed by atoms with E-state index in [-0.39, 0.29) is 0 Å². The topological polar surface area (TPSA) is 37.8 Å². The molecule has 0 aliphatic heterocycles. The van der Waals surface area contributed by atoms with Crippen molar-refractivity contribution in [1.29, 1.82) is 0 Å². The maximum absolute atomic E-state index is 13.3. The zero-order valence-electron chi connectivity index (χ0n) is 10.4. The molecule has 1 N–H and O–H groups in total. The SMILES string of the molecule is CNC(c1ccnnc1)c1ccc(F)c(C(F)(F)F)c1. The van der Waals surface area contributed by atoms with Crippen molar-refractivity contribution in [2.45, 2.75) is 12.2 Å². The Morgan fingerprint density at radius 2 is 1.85 bits per heavy atom. The van der Waals surface area contributed by atoms with Crippen molar-refractivity contribution in [3.8, 4) is 0 Å². The number of rotatable bonds is 3. The molecule has 1 atom stereocenters. The monoisotopic (exact) mass is 285 g/mol. The molecule has 0 saturated heterocycles. The van der Waals surface area contributed by atoms with Crippen LogP contribution in [-0.2, 0) is 6.18 Å². The lowest BCUT2D eigenvalue weighted by atomic mass is 9.98. The van der Waals surface area contributed by atoms with E-state index in [0.29, 0.717) is 11.1 Å². The average Bonchev–Trinajstić information content (AvgIpc) is 2.41. The smallest absolute Gasteiger partial charge is 0.309 e. The summed E-state index contributed by atoms with van der Waals surface area (Å²) in [7, 11) is 1.60. The Kier molecular flexibility index (Phi) is 3.99. The molecule has 2 rings (SSSR count). The summed E-state index contributed by atoms with van der Waals surface area (Å²) in [6, 6.07) is 4.04. The van der Waals surface area contributed by atoms with Gasteiger partial charge in [-0.1, -0.05) is 6.07 Å². The summed E-state index contributed by atoms with van der Waals surface area (Å²) >= 11 is 0. The minimum absolute atomic E-state index is 0.300. The molecule has 0 radical (unpaired) electrons. The van der Waals surface area contributed by atoms with E-state index in [1.807, 2.05) is 0 Å². The van der Waals surface area contributed by atoms with Crippen LogP contribution < -0.4 is 5.32 Å². The lowest BCUT2D eigenvalue weighted by Gasteiger charge is -2.18. The summed E-state index contributed by atoms with van der Waals surface area (Å²) in [5, 5.41) is 10.2. The zero-order chi connectivity index (χ0) is 14.8. The van der Waals surface area contributed by atoms with Gasteiger partial charge in [-0.25, -0.2) is 4.39 Å². The molecule has 3 nitrogen and oxygen atoms in total. The van der Waals surface area contributed by atoms with Crippen molar-refractivity contribution < 1.29 is 17.6 Å². The number of nitrogens with zero attached hydrogens (tertiary/aromatic N) is 2. The molecule has 1 heterocycles. The third-order valence-electron chi connectivity index (χ3n) is 2.86. The van der Waals surface area contributed by atoms with Crippen LogP contribution in [0.2, 0.25) is 0 Å². The van der Waals surface area contributed by atoms with Gasteiger partial charge in [0.25, 0.3) is 0 Å². The van der Waals surface area contributed by atoms with Crippen LogP contribution >= 0.6 is 0 Å². The fourth-order valence-electron chi connectivity index (χ4n) is 1.94. The number of hydrogen-bond acceptors (Lipinski definition) is 3. The first kappa shape index (κ1) is 14.4. The van der Waals surface area contributed by atoms with Crippen molar-refractivity contribution in [3.05, 3.63) is 59.2 Å². The molecule has 1 unspecified atom stereocenters. The molecule has 7 heteroatoms. The molecule has 0 saturated carbocycles. The van der Waals surface area contributed by atoms with Gasteiger partial charge in [-0.05, 0) is 36.4 Å². The summed E-state index contributed by atoms with van der Waals surface area (Å²) < 4.78 is 51.4. The molecular weight excluding hydrogens is 274 g/mol. The molecule has 0 aliphatic rings. The molecule has 0 aliphatic carbocycles. The maximum atomic E-state index is 13.3. The second-order valence-electron chi connectivity index (χ2n) is 4.13. The van der Waals surface area contributed by atoms with Crippen molar-refractivity contribution >= 4 is 0 Å². The van der Waals surface area contributed by atoms with Gasteiger partial charge in [-0.3, -0.25) is 0 Å². The Morgan fingerprint density at radius 1 is 1.10 bits per heavy atom. The zero-order valence-corrected chi connectivity index (χ0v) is 10.4. The van der Waals surface area contributed by atoms with Crippen LogP contribution in [0, 0.1) is 5.82 Å². The molecule has 20 heavy (non-hydrogen) atoms. The van der Waals surface area contributed by atoms with Crippen LogP contribution in [0.15, 0.2) is 36.7 Å². The van der Waals surface area contributed by atoms with E-state index in [1.54, 1.807) is 13.1 Å². The first-order chi connectivity index (χ1) is 9.43. The number of alkyl halides is 3. The minimum Gasteiger partial charge on any atom is -0.309 e. The highest BCUT2D eigenvalue weighted by molar-refractivity contribution is 5.34. The van der Waals surface area contributed by atoms with Crippen LogP contribution in [0.5, 0.6) is 0 Å². The lowest BCUT2D eigenvalue weighted by molar-refractivity contribution is -0.140. The first-order valence-electron chi connectivity index (χ1n) is 5.74. The second-order valence-corrected chi connectivity index (χ2v) is 4.13. The van der Waals surface area contributed by atoms with Crippen LogP contribution in [0.4, 0.5) is 17.6 Å². The van der Waals surface area contributed by atoms with Crippen LogP contribution in [0.1, 0.15) is 22.7 Å². The highest BCUT2D eigenvalue weighted by atomic mass is 19.4. The van der Waals surface area contributed by atoms with E-state index < -0.39 is 23.6 Å². The molecular formula is C13H11F4N3. The number of hydrogen-bond donors (Lipinski definition) is 1. The quantitative estimate of drug-likeness (QED) is 0.881. The van der Waals surface area contributed by atoms with Gasteiger partial charge in [-0.15, -0.1) is 0 Å². The molecule has 2 aromatic rings. The van der Waals surface area contributed by atoms with E-state index >= 15 is 0 Å². The maximum Gasteiger partial charge on any atom is 0.419 e.